The first kappa shape index (κ1) is 14.4. The standard InChI is InChI=1S/C15H20N2O3/c1-3-7-16-14(18)6-8-17-12-9-11(2)4-5-13(12)20-10-15(17)19/h4-5,9H,3,6-8,10H2,1-2H3,(H,16,18). The zero-order valence-corrected chi connectivity index (χ0v) is 11.9. The van der Waals surface area contributed by atoms with E-state index in [0.29, 0.717) is 25.3 Å². The van der Waals surface area contributed by atoms with Gasteiger partial charge in [0.2, 0.25) is 5.91 Å². The van der Waals surface area contributed by atoms with Crippen molar-refractivity contribution in [3.63, 3.8) is 0 Å². The summed E-state index contributed by atoms with van der Waals surface area (Å²) in [6.07, 6.45) is 1.21. The fraction of sp³-hybridized carbons (Fsp3) is 0.467. The van der Waals surface area contributed by atoms with Gasteiger partial charge in [0.15, 0.2) is 6.61 Å². The van der Waals surface area contributed by atoms with Gasteiger partial charge in [0.1, 0.15) is 5.75 Å². The maximum atomic E-state index is 12.0. The van der Waals surface area contributed by atoms with Crippen LogP contribution in [0.1, 0.15) is 25.3 Å². The van der Waals surface area contributed by atoms with Crippen LogP contribution < -0.4 is 15.0 Å². The first-order valence-electron chi connectivity index (χ1n) is 6.92. The number of nitrogens with one attached hydrogen (secondary N) is 1. The molecule has 0 bridgehead atoms. The van der Waals surface area contributed by atoms with Crippen molar-refractivity contribution in [3.8, 4) is 5.75 Å². The van der Waals surface area contributed by atoms with Crippen LogP contribution in [0, 0.1) is 6.92 Å². The molecule has 1 aliphatic rings. The van der Waals surface area contributed by atoms with E-state index in [2.05, 4.69) is 5.32 Å². The van der Waals surface area contributed by atoms with Crippen molar-refractivity contribution in [2.75, 3.05) is 24.6 Å². The maximum absolute atomic E-state index is 12.0. The highest BCUT2D eigenvalue weighted by molar-refractivity contribution is 5.98. The minimum Gasteiger partial charge on any atom is -0.482 e. The Balaban J connectivity index is 2.06. The minimum absolute atomic E-state index is 0.0275. The molecule has 0 aromatic heterocycles. The Kier molecular flexibility index (Phi) is 4.61. The van der Waals surface area contributed by atoms with Gasteiger partial charge >= 0.3 is 0 Å². The van der Waals surface area contributed by atoms with Crippen LogP contribution >= 0.6 is 0 Å². The van der Waals surface area contributed by atoms with E-state index in [0.717, 1.165) is 17.7 Å². The molecule has 1 N–H and O–H groups in total. The Labute approximate surface area is 118 Å². The second-order valence-corrected chi connectivity index (χ2v) is 4.91. The number of benzene rings is 1. The molecule has 0 saturated heterocycles. The molecule has 0 unspecified atom stereocenters. The molecule has 108 valence electrons. The van der Waals surface area contributed by atoms with E-state index in [-0.39, 0.29) is 18.4 Å². The van der Waals surface area contributed by atoms with Gasteiger partial charge in [-0.15, -0.1) is 0 Å². The highest BCUT2D eigenvalue weighted by atomic mass is 16.5. The van der Waals surface area contributed by atoms with Crippen molar-refractivity contribution < 1.29 is 14.3 Å². The van der Waals surface area contributed by atoms with Crippen molar-refractivity contribution >= 4 is 17.5 Å². The van der Waals surface area contributed by atoms with Gasteiger partial charge in [-0.05, 0) is 31.0 Å². The van der Waals surface area contributed by atoms with Gasteiger partial charge in [0, 0.05) is 19.5 Å². The van der Waals surface area contributed by atoms with Gasteiger partial charge in [-0.2, -0.15) is 0 Å². The molecule has 1 aromatic rings. The van der Waals surface area contributed by atoms with E-state index in [1.165, 1.54) is 0 Å². The molecule has 5 heteroatoms. The third-order valence-electron chi connectivity index (χ3n) is 3.19. The number of amides is 2. The normalized spacial score (nSPS) is 13.7. The number of aryl methyl sites for hydroxylation is 1. The summed E-state index contributed by atoms with van der Waals surface area (Å²) in [5.74, 6) is 0.566. The molecular weight excluding hydrogens is 256 g/mol. The average Bonchev–Trinajstić information content (AvgIpc) is 2.44. The molecule has 5 nitrogen and oxygen atoms in total. The molecule has 0 saturated carbocycles. The van der Waals surface area contributed by atoms with Crippen LogP contribution in [0.3, 0.4) is 0 Å². The summed E-state index contributed by atoms with van der Waals surface area (Å²) in [6, 6.07) is 5.72. The molecule has 1 aliphatic heterocycles. The Morgan fingerprint density at radius 1 is 1.45 bits per heavy atom. The van der Waals surface area contributed by atoms with Gasteiger partial charge in [0.05, 0.1) is 5.69 Å². The number of ether oxygens (including phenoxy) is 1. The molecule has 1 heterocycles. The van der Waals surface area contributed by atoms with Crippen LogP contribution in [-0.4, -0.2) is 31.5 Å². The summed E-state index contributed by atoms with van der Waals surface area (Å²) in [4.78, 5) is 25.3. The lowest BCUT2D eigenvalue weighted by Crippen LogP contribution is -2.41. The molecular formula is C15H20N2O3. The zero-order valence-electron chi connectivity index (χ0n) is 11.9. The molecule has 0 atom stereocenters. The van der Waals surface area contributed by atoms with E-state index in [4.69, 9.17) is 4.74 Å². The highest BCUT2D eigenvalue weighted by Crippen LogP contribution is 2.32. The van der Waals surface area contributed by atoms with Gasteiger partial charge in [-0.25, -0.2) is 0 Å². The van der Waals surface area contributed by atoms with E-state index in [1.807, 2.05) is 32.0 Å². The molecule has 0 fully saturated rings. The smallest absolute Gasteiger partial charge is 0.265 e. The number of nitrogens with zero attached hydrogens (tertiary/aromatic N) is 1. The highest BCUT2D eigenvalue weighted by Gasteiger charge is 2.25. The van der Waals surface area contributed by atoms with Crippen LogP contribution in [0.2, 0.25) is 0 Å². The third-order valence-corrected chi connectivity index (χ3v) is 3.19. The van der Waals surface area contributed by atoms with Crippen LogP contribution in [0.25, 0.3) is 0 Å². The Morgan fingerprint density at radius 3 is 3.00 bits per heavy atom. The van der Waals surface area contributed by atoms with Gasteiger partial charge in [-0.1, -0.05) is 13.0 Å². The lowest BCUT2D eigenvalue weighted by Gasteiger charge is -2.29. The van der Waals surface area contributed by atoms with E-state index in [9.17, 15) is 9.59 Å². The monoisotopic (exact) mass is 276 g/mol. The van der Waals surface area contributed by atoms with Gasteiger partial charge in [0.25, 0.3) is 5.91 Å². The number of hydrogen-bond donors (Lipinski definition) is 1. The molecule has 0 radical (unpaired) electrons. The van der Waals surface area contributed by atoms with E-state index >= 15 is 0 Å². The summed E-state index contributed by atoms with van der Waals surface area (Å²) in [6.45, 7) is 5.06. The topological polar surface area (TPSA) is 58.6 Å². The predicted molar refractivity (Wildman–Crippen MR) is 76.9 cm³/mol. The molecule has 0 spiro atoms. The number of fused-ring (bicyclic) bond motifs is 1. The number of rotatable bonds is 5. The van der Waals surface area contributed by atoms with Crippen molar-refractivity contribution in [1.82, 2.24) is 5.32 Å². The number of hydrogen-bond acceptors (Lipinski definition) is 3. The van der Waals surface area contributed by atoms with Gasteiger partial charge in [-0.3, -0.25) is 9.59 Å². The van der Waals surface area contributed by atoms with Crippen LogP contribution in [0.5, 0.6) is 5.75 Å². The number of anilines is 1. The third kappa shape index (κ3) is 3.29. The fourth-order valence-electron chi connectivity index (χ4n) is 2.12. The Morgan fingerprint density at radius 2 is 2.25 bits per heavy atom. The summed E-state index contributed by atoms with van der Waals surface area (Å²) >= 11 is 0. The maximum Gasteiger partial charge on any atom is 0.265 e. The predicted octanol–water partition coefficient (Wildman–Crippen LogP) is 1.64. The lowest BCUT2D eigenvalue weighted by atomic mass is 10.1. The quantitative estimate of drug-likeness (QED) is 0.889. The average molecular weight is 276 g/mol. The second-order valence-electron chi connectivity index (χ2n) is 4.91. The zero-order chi connectivity index (χ0) is 14.5. The summed E-state index contributed by atoms with van der Waals surface area (Å²) in [7, 11) is 0. The van der Waals surface area contributed by atoms with Gasteiger partial charge < -0.3 is 15.0 Å². The summed E-state index contributed by atoms with van der Waals surface area (Å²) < 4.78 is 5.40. The lowest BCUT2D eigenvalue weighted by molar-refractivity contribution is -0.122. The Hall–Kier alpha value is -2.04. The summed E-state index contributed by atoms with van der Waals surface area (Å²) in [5.41, 5.74) is 1.81. The van der Waals surface area contributed by atoms with E-state index < -0.39 is 0 Å². The van der Waals surface area contributed by atoms with Crippen LogP contribution in [0.4, 0.5) is 5.69 Å². The van der Waals surface area contributed by atoms with Crippen LogP contribution in [-0.2, 0) is 9.59 Å². The largest absolute Gasteiger partial charge is 0.482 e. The SMILES string of the molecule is CCCNC(=O)CCN1C(=O)COc2ccc(C)cc21. The van der Waals surface area contributed by atoms with Crippen molar-refractivity contribution in [1.29, 1.82) is 0 Å². The molecule has 2 amide bonds. The molecule has 1 aromatic carbocycles. The first-order chi connectivity index (χ1) is 9.61. The molecule has 20 heavy (non-hydrogen) atoms. The fourth-order valence-corrected chi connectivity index (χ4v) is 2.12. The number of carbonyl (C=O) groups excluding carboxylic acids is 2. The molecule has 0 aliphatic carbocycles. The summed E-state index contributed by atoms with van der Waals surface area (Å²) in [5, 5.41) is 2.81. The van der Waals surface area contributed by atoms with Crippen molar-refractivity contribution in [2.45, 2.75) is 26.7 Å². The Bertz CT molecular complexity index is 514. The first-order valence-corrected chi connectivity index (χ1v) is 6.92. The van der Waals surface area contributed by atoms with Crippen molar-refractivity contribution in [2.24, 2.45) is 0 Å². The second kappa shape index (κ2) is 6.41. The van der Waals surface area contributed by atoms with E-state index in [1.54, 1.807) is 4.90 Å². The molecule has 2 rings (SSSR count). The van der Waals surface area contributed by atoms with Crippen LogP contribution in [0.15, 0.2) is 18.2 Å². The number of carbonyl (C=O) groups is 2. The minimum atomic E-state index is -0.105. The van der Waals surface area contributed by atoms with Crippen molar-refractivity contribution in [3.05, 3.63) is 23.8 Å².